The molecule has 0 bridgehead atoms. The molecule has 0 radical (unpaired) electrons. The van der Waals surface area contributed by atoms with Gasteiger partial charge in [0.1, 0.15) is 6.04 Å². The third-order valence-electron chi connectivity index (χ3n) is 2.91. The lowest BCUT2D eigenvalue weighted by atomic mass is 10.2. The maximum absolute atomic E-state index is 11.6. The summed E-state index contributed by atoms with van der Waals surface area (Å²) in [5.74, 6) is -0.167. The van der Waals surface area contributed by atoms with E-state index in [1.54, 1.807) is 0 Å². The summed E-state index contributed by atoms with van der Waals surface area (Å²) < 4.78 is 10.6. The fourth-order valence-electron chi connectivity index (χ4n) is 1.90. The average molecular weight is 244 g/mol. The van der Waals surface area contributed by atoms with Crippen LogP contribution in [0.5, 0.6) is 0 Å². The predicted octanol–water partition coefficient (Wildman–Crippen LogP) is 0.248. The summed E-state index contributed by atoms with van der Waals surface area (Å²) in [6.45, 7) is 7.57. The highest BCUT2D eigenvalue weighted by Crippen LogP contribution is 2.03. The summed E-state index contributed by atoms with van der Waals surface area (Å²) in [6, 6.07) is -0.217. The second-order valence-electron chi connectivity index (χ2n) is 4.38. The molecule has 0 aliphatic carbocycles. The molecule has 0 aromatic heterocycles. The maximum atomic E-state index is 11.6. The zero-order chi connectivity index (χ0) is 12.7. The summed E-state index contributed by atoms with van der Waals surface area (Å²) in [6.07, 6.45) is 0.902. The van der Waals surface area contributed by atoms with E-state index in [0.29, 0.717) is 13.2 Å². The van der Waals surface area contributed by atoms with Gasteiger partial charge in [0.05, 0.1) is 19.3 Å². The molecular weight excluding hydrogens is 220 g/mol. The first-order valence-corrected chi connectivity index (χ1v) is 6.37. The molecule has 1 fully saturated rings. The molecule has 1 N–H and O–H groups in total. The number of hydrogen-bond donors (Lipinski definition) is 1. The fourth-order valence-corrected chi connectivity index (χ4v) is 1.90. The number of likely N-dealkylation sites (N-methyl/N-ethyl adjacent to an activating group) is 1. The van der Waals surface area contributed by atoms with Crippen molar-refractivity contribution < 1.29 is 14.3 Å². The first-order chi connectivity index (χ1) is 8.17. The van der Waals surface area contributed by atoms with E-state index in [1.807, 2.05) is 13.8 Å². The van der Waals surface area contributed by atoms with Crippen molar-refractivity contribution in [3.8, 4) is 0 Å². The third kappa shape index (κ3) is 5.02. The number of hydrogen-bond acceptors (Lipinski definition) is 5. The van der Waals surface area contributed by atoms with Gasteiger partial charge in [0.2, 0.25) is 0 Å². The number of nitrogens with zero attached hydrogens (tertiary/aromatic N) is 1. The number of ether oxygens (including phenoxy) is 2. The largest absolute Gasteiger partial charge is 0.465 e. The molecule has 0 amide bonds. The molecule has 100 valence electrons. The van der Waals surface area contributed by atoms with E-state index < -0.39 is 0 Å². The Labute approximate surface area is 103 Å². The molecule has 0 aromatic carbocycles. The molecule has 5 nitrogen and oxygen atoms in total. The quantitative estimate of drug-likeness (QED) is 0.679. The van der Waals surface area contributed by atoms with Gasteiger partial charge in [-0.3, -0.25) is 4.79 Å². The van der Waals surface area contributed by atoms with Gasteiger partial charge in [-0.2, -0.15) is 0 Å². The molecule has 2 atom stereocenters. The number of carbonyl (C=O) groups is 1. The van der Waals surface area contributed by atoms with Crippen molar-refractivity contribution in [3.05, 3.63) is 0 Å². The number of esters is 1. The van der Waals surface area contributed by atoms with E-state index in [2.05, 4.69) is 17.3 Å². The number of rotatable bonds is 6. The number of carbonyl (C=O) groups excluding carboxylic acids is 1. The van der Waals surface area contributed by atoms with Crippen molar-refractivity contribution in [2.45, 2.75) is 32.4 Å². The van der Waals surface area contributed by atoms with Crippen molar-refractivity contribution in [2.24, 2.45) is 0 Å². The fraction of sp³-hybridized carbons (Fsp3) is 0.917. The molecule has 0 saturated carbocycles. The van der Waals surface area contributed by atoms with Gasteiger partial charge in [0.15, 0.2) is 0 Å². The second kappa shape index (κ2) is 7.63. The lowest BCUT2D eigenvalue weighted by Crippen LogP contribution is -2.48. The van der Waals surface area contributed by atoms with Gasteiger partial charge in [-0.25, -0.2) is 0 Å². The molecule has 17 heavy (non-hydrogen) atoms. The van der Waals surface area contributed by atoms with Crippen LogP contribution in [0.4, 0.5) is 0 Å². The van der Waals surface area contributed by atoms with Gasteiger partial charge in [0, 0.05) is 19.6 Å². The summed E-state index contributed by atoms with van der Waals surface area (Å²) in [7, 11) is 2.08. The molecule has 1 rings (SSSR count). The summed E-state index contributed by atoms with van der Waals surface area (Å²) in [5.41, 5.74) is 0. The van der Waals surface area contributed by atoms with Crippen LogP contribution < -0.4 is 5.32 Å². The molecule has 5 heteroatoms. The van der Waals surface area contributed by atoms with Crippen molar-refractivity contribution in [1.29, 1.82) is 0 Å². The number of morpholine rings is 1. The SMILES string of the molecule is CCOC(=O)C(CC)NCC1CN(C)CCO1. The molecule has 1 heterocycles. The summed E-state index contributed by atoms with van der Waals surface area (Å²) in [5, 5.41) is 3.22. The Balaban J connectivity index is 2.29. The molecule has 0 aromatic rings. The Morgan fingerprint density at radius 2 is 2.35 bits per heavy atom. The highest BCUT2D eigenvalue weighted by molar-refractivity contribution is 5.75. The van der Waals surface area contributed by atoms with E-state index in [1.165, 1.54) is 0 Å². The van der Waals surface area contributed by atoms with Gasteiger partial charge in [-0.15, -0.1) is 0 Å². The van der Waals surface area contributed by atoms with Gasteiger partial charge >= 0.3 is 5.97 Å². The van der Waals surface area contributed by atoms with Crippen LogP contribution in [-0.2, 0) is 14.3 Å². The highest BCUT2D eigenvalue weighted by Gasteiger charge is 2.21. The van der Waals surface area contributed by atoms with E-state index in [9.17, 15) is 4.79 Å². The van der Waals surface area contributed by atoms with E-state index in [4.69, 9.17) is 9.47 Å². The molecule has 0 spiro atoms. The standard InChI is InChI=1S/C12H24N2O3/c1-4-11(12(15)16-5-2)13-8-10-9-14(3)6-7-17-10/h10-11,13H,4-9H2,1-3H3. The first-order valence-electron chi connectivity index (χ1n) is 6.37. The van der Waals surface area contributed by atoms with E-state index in [-0.39, 0.29) is 18.1 Å². The molecule has 1 aliphatic heterocycles. The average Bonchev–Trinajstić information content (AvgIpc) is 2.30. The van der Waals surface area contributed by atoms with Crippen molar-refractivity contribution in [2.75, 3.05) is 39.9 Å². The lowest BCUT2D eigenvalue weighted by molar-refractivity contribution is -0.146. The number of nitrogens with one attached hydrogen (secondary N) is 1. The topological polar surface area (TPSA) is 50.8 Å². The van der Waals surface area contributed by atoms with Gasteiger partial charge < -0.3 is 19.7 Å². The van der Waals surface area contributed by atoms with Crippen LogP contribution in [0.1, 0.15) is 20.3 Å². The van der Waals surface area contributed by atoms with Crippen molar-refractivity contribution in [3.63, 3.8) is 0 Å². The molecule has 1 aliphatic rings. The van der Waals surface area contributed by atoms with Crippen LogP contribution in [-0.4, -0.2) is 62.9 Å². The summed E-state index contributed by atoms with van der Waals surface area (Å²) in [4.78, 5) is 13.8. The van der Waals surface area contributed by atoms with Crippen LogP contribution in [0, 0.1) is 0 Å². The van der Waals surface area contributed by atoms with Crippen LogP contribution in [0.25, 0.3) is 0 Å². The Kier molecular flexibility index (Phi) is 6.47. The predicted molar refractivity (Wildman–Crippen MR) is 66.0 cm³/mol. The minimum Gasteiger partial charge on any atom is -0.465 e. The Morgan fingerprint density at radius 1 is 1.59 bits per heavy atom. The normalized spacial score (nSPS) is 23.4. The van der Waals surface area contributed by atoms with Crippen molar-refractivity contribution >= 4 is 5.97 Å². The smallest absolute Gasteiger partial charge is 0.323 e. The Bertz CT molecular complexity index is 236. The highest BCUT2D eigenvalue weighted by atomic mass is 16.5. The van der Waals surface area contributed by atoms with Gasteiger partial charge in [-0.1, -0.05) is 6.92 Å². The first kappa shape index (κ1) is 14.4. The van der Waals surface area contributed by atoms with E-state index >= 15 is 0 Å². The zero-order valence-electron chi connectivity index (χ0n) is 11.1. The monoisotopic (exact) mass is 244 g/mol. The van der Waals surface area contributed by atoms with Crippen LogP contribution in [0.3, 0.4) is 0 Å². The zero-order valence-corrected chi connectivity index (χ0v) is 11.1. The van der Waals surface area contributed by atoms with Crippen molar-refractivity contribution in [1.82, 2.24) is 10.2 Å². The maximum Gasteiger partial charge on any atom is 0.323 e. The third-order valence-corrected chi connectivity index (χ3v) is 2.91. The Morgan fingerprint density at radius 3 is 2.94 bits per heavy atom. The molecular formula is C12H24N2O3. The van der Waals surface area contributed by atoms with Crippen LogP contribution >= 0.6 is 0 Å². The lowest BCUT2D eigenvalue weighted by Gasteiger charge is -2.31. The van der Waals surface area contributed by atoms with Gasteiger partial charge in [-0.05, 0) is 20.4 Å². The minimum absolute atomic E-state index is 0.164. The second-order valence-corrected chi connectivity index (χ2v) is 4.38. The van der Waals surface area contributed by atoms with E-state index in [0.717, 1.165) is 26.1 Å². The van der Waals surface area contributed by atoms with Crippen LogP contribution in [0.15, 0.2) is 0 Å². The Hall–Kier alpha value is -0.650. The van der Waals surface area contributed by atoms with Gasteiger partial charge in [0.25, 0.3) is 0 Å². The molecule has 1 saturated heterocycles. The minimum atomic E-state index is -0.217. The molecule has 2 unspecified atom stereocenters. The summed E-state index contributed by atoms with van der Waals surface area (Å²) >= 11 is 0. The van der Waals surface area contributed by atoms with Crippen LogP contribution in [0.2, 0.25) is 0 Å².